The van der Waals surface area contributed by atoms with Crippen LogP contribution in [0.4, 0.5) is 8.78 Å². The maximum Gasteiger partial charge on any atom is 0.165 e. The molecule has 0 amide bonds. The molecule has 0 saturated heterocycles. The van der Waals surface area contributed by atoms with E-state index in [9.17, 15) is 8.78 Å². The Morgan fingerprint density at radius 2 is 1.78 bits per heavy atom. The van der Waals surface area contributed by atoms with Crippen molar-refractivity contribution >= 4 is 15.9 Å². The molecule has 0 aromatic heterocycles. The van der Waals surface area contributed by atoms with Crippen molar-refractivity contribution in [1.82, 2.24) is 0 Å². The largest absolute Gasteiger partial charge is 0.494 e. The van der Waals surface area contributed by atoms with Crippen LogP contribution in [0.5, 0.6) is 5.75 Å². The Morgan fingerprint density at radius 1 is 1.06 bits per heavy atom. The molecule has 0 bridgehead atoms. The van der Waals surface area contributed by atoms with Crippen LogP contribution in [-0.2, 0) is 0 Å². The van der Waals surface area contributed by atoms with E-state index in [1.165, 1.54) is 25.3 Å². The second-order valence-corrected chi connectivity index (χ2v) is 4.73. The molecule has 1 atom stereocenters. The molecule has 1 nitrogen and oxygen atoms in total. The van der Waals surface area contributed by atoms with Crippen LogP contribution in [0.1, 0.15) is 16.0 Å². The number of methoxy groups -OCH3 is 1. The number of benzene rings is 2. The lowest BCUT2D eigenvalue weighted by Crippen LogP contribution is -1.96. The Bertz CT molecular complexity index is 557. The van der Waals surface area contributed by atoms with Gasteiger partial charge in [-0.3, -0.25) is 0 Å². The van der Waals surface area contributed by atoms with Gasteiger partial charge in [0.25, 0.3) is 0 Å². The summed E-state index contributed by atoms with van der Waals surface area (Å²) in [5.74, 6) is -0.556. The number of halogens is 3. The number of alkyl halides is 1. The van der Waals surface area contributed by atoms with Gasteiger partial charge in [0.2, 0.25) is 0 Å². The molecule has 2 aromatic carbocycles. The summed E-state index contributed by atoms with van der Waals surface area (Å²) >= 11 is 3.43. The molecule has 94 valence electrons. The predicted octanol–water partition coefficient (Wildman–Crippen LogP) is 4.46. The van der Waals surface area contributed by atoms with E-state index in [4.69, 9.17) is 4.74 Å². The summed E-state index contributed by atoms with van der Waals surface area (Å²) in [5.41, 5.74) is 1.44. The highest BCUT2D eigenvalue weighted by Gasteiger charge is 2.13. The van der Waals surface area contributed by atoms with Crippen molar-refractivity contribution in [2.75, 3.05) is 7.11 Å². The van der Waals surface area contributed by atoms with Crippen molar-refractivity contribution in [3.8, 4) is 5.75 Å². The summed E-state index contributed by atoms with van der Waals surface area (Å²) in [7, 11) is 1.41. The lowest BCUT2D eigenvalue weighted by molar-refractivity contribution is 0.386. The Hall–Kier alpha value is -1.42. The van der Waals surface area contributed by atoms with Crippen molar-refractivity contribution < 1.29 is 13.5 Å². The third kappa shape index (κ3) is 2.70. The summed E-state index contributed by atoms with van der Waals surface area (Å²) in [5, 5.41) is 0. The van der Waals surface area contributed by atoms with Crippen molar-refractivity contribution in [3.05, 3.63) is 65.2 Å². The molecule has 2 rings (SSSR count). The Labute approximate surface area is 113 Å². The standard InChI is InChI=1S/C14H11BrF2O/c1-18-13-6-5-10(8-12(13)17)14(15)9-3-2-4-11(16)7-9/h2-8,14H,1H3. The van der Waals surface area contributed by atoms with Gasteiger partial charge < -0.3 is 4.74 Å². The maximum absolute atomic E-state index is 13.6. The lowest BCUT2D eigenvalue weighted by Gasteiger charge is -2.12. The molecular formula is C14H11BrF2O. The molecule has 1 unspecified atom stereocenters. The van der Waals surface area contributed by atoms with Gasteiger partial charge in [-0.1, -0.05) is 34.1 Å². The fraction of sp³-hybridized carbons (Fsp3) is 0.143. The first kappa shape index (κ1) is 13.0. The molecule has 0 spiro atoms. The molecule has 0 aliphatic heterocycles. The van der Waals surface area contributed by atoms with Gasteiger partial charge >= 0.3 is 0 Å². The van der Waals surface area contributed by atoms with Gasteiger partial charge in [-0.05, 0) is 35.4 Å². The summed E-state index contributed by atoms with van der Waals surface area (Å²) in [6.45, 7) is 0. The molecule has 0 aliphatic rings. The van der Waals surface area contributed by atoms with E-state index in [2.05, 4.69) is 15.9 Å². The average molecular weight is 313 g/mol. The predicted molar refractivity (Wildman–Crippen MR) is 70.1 cm³/mol. The second kappa shape index (κ2) is 5.48. The van der Waals surface area contributed by atoms with E-state index < -0.39 is 5.82 Å². The smallest absolute Gasteiger partial charge is 0.165 e. The van der Waals surface area contributed by atoms with Crippen molar-refractivity contribution in [2.45, 2.75) is 4.83 Å². The van der Waals surface area contributed by atoms with E-state index in [1.807, 2.05) is 0 Å². The van der Waals surface area contributed by atoms with E-state index >= 15 is 0 Å². The van der Waals surface area contributed by atoms with Crippen LogP contribution in [-0.4, -0.2) is 7.11 Å². The highest BCUT2D eigenvalue weighted by molar-refractivity contribution is 9.09. The molecule has 0 radical (unpaired) electrons. The average Bonchev–Trinajstić information content (AvgIpc) is 2.37. The Balaban J connectivity index is 2.34. The van der Waals surface area contributed by atoms with Crippen LogP contribution in [0.15, 0.2) is 42.5 Å². The van der Waals surface area contributed by atoms with Crippen LogP contribution >= 0.6 is 15.9 Å². The summed E-state index contributed by atoms with van der Waals surface area (Å²) in [6.07, 6.45) is 0. The molecule has 0 N–H and O–H groups in total. The van der Waals surface area contributed by atoms with Crippen molar-refractivity contribution in [2.24, 2.45) is 0 Å². The molecule has 0 saturated carbocycles. The first-order valence-electron chi connectivity index (χ1n) is 5.35. The molecule has 2 aromatic rings. The third-order valence-corrected chi connectivity index (χ3v) is 3.67. The fourth-order valence-corrected chi connectivity index (χ4v) is 2.27. The first-order chi connectivity index (χ1) is 8.61. The maximum atomic E-state index is 13.6. The zero-order valence-corrected chi connectivity index (χ0v) is 11.2. The zero-order valence-electron chi connectivity index (χ0n) is 9.66. The van der Waals surface area contributed by atoms with Crippen LogP contribution < -0.4 is 4.74 Å². The molecule has 18 heavy (non-hydrogen) atoms. The monoisotopic (exact) mass is 312 g/mol. The molecule has 0 fully saturated rings. The van der Waals surface area contributed by atoms with Gasteiger partial charge in [0, 0.05) is 0 Å². The van der Waals surface area contributed by atoms with Crippen molar-refractivity contribution in [3.63, 3.8) is 0 Å². The number of hydrogen-bond acceptors (Lipinski definition) is 1. The van der Waals surface area contributed by atoms with Gasteiger partial charge in [-0.15, -0.1) is 0 Å². The normalized spacial score (nSPS) is 12.2. The fourth-order valence-electron chi connectivity index (χ4n) is 1.70. The minimum absolute atomic E-state index is 0.192. The van der Waals surface area contributed by atoms with Crippen LogP contribution in [0, 0.1) is 11.6 Å². The van der Waals surface area contributed by atoms with Crippen molar-refractivity contribution in [1.29, 1.82) is 0 Å². The minimum atomic E-state index is -0.434. The van der Waals surface area contributed by atoms with E-state index in [1.54, 1.807) is 24.3 Å². The van der Waals surface area contributed by atoms with Gasteiger partial charge in [-0.25, -0.2) is 8.78 Å². The first-order valence-corrected chi connectivity index (χ1v) is 6.26. The summed E-state index contributed by atoms with van der Waals surface area (Å²) < 4.78 is 31.6. The van der Waals surface area contributed by atoms with E-state index in [0.717, 1.165) is 5.56 Å². The number of hydrogen-bond donors (Lipinski definition) is 0. The molecular weight excluding hydrogens is 302 g/mol. The second-order valence-electron chi connectivity index (χ2n) is 3.81. The van der Waals surface area contributed by atoms with Gasteiger partial charge in [-0.2, -0.15) is 0 Å². The van der Waals surface area contributed by atoms with Gasteiger partial charge in [0.1, 0.15) is 5.82 Å². The SMILES string of the molecule is COc1ccc(C(Br)c2cccc(F)c2)cc1F. The topological polar surface area (TPSA) is 9.23 Å². The molecule has 0 aliphatic carbocycles. The van der Waals surface area contributed by atoms with Crippen LogP contribution in [0.25, 0.3) is 0 Å². The lowest BCUT2D eigenvalue weighted by atomic mass is 10.0. The molecule has 0 heterocycles. The molecule has 4 heteroatoms. The number of rotatable bonds is 3. The summed E-state index contributed by atoms with van der Waals surface area (Å²) in [4.78, 5) is -0.256. The highest BCUT2D eigenvalue weighted by Crippen LogP contribution is 2.33. The van der Waals surface area contributed by atoms with E-state index in [-0.39, 0.29) is 16.4 Å². The van der Waals surface area contributed by atoms with Crippen LogP contribution in [0.3, 0.4) is 0 Å². The highest BCUT2D eigenvalue weighted by atomic mass is 79.9. The Kier molecular flexibility index (Phi) is 3.97. The van der Waals surface area contributed by atoms with E-state index in [0.29, 0.717) is 5.56 Å². The van der Waals surface area contributed by atoms with Gasteiger partial charge in [0.05, 0.1) is 11.9 Å². The van der Waals surface area contributed by atoms with Gasteiger partial charge in [0.15, 0.2) is 11.6 Å². The third-order valence-electron chi connectivity index (χ3n) is 2.61. The summed E-state index contributed by atoms with van der Waals surface area (Å²) in [6, 6.07) is 10.9. The number of ether oxygens (including phenoxy) is 1. The zero-order chi connectivity index (χ0) is 13.1. The Morgan fingerprint density at radius 3 is 2.39 bits per heavy atom. The quantitative estimate of drug-likeness (QED) is 0.760. The van der Waals surface area contributed by atoms with Crippen LogP contribution in [0.2, 0.25) is 0 Å². The minimum Gasteiger partial charge on any atom is -0.494 e.